The number of aromatic nitrogens is 3. The third kappa shape index (κ3) is 4.87. The van der Waals surface area contributed by atoms with Crippen LogP contribution in [0.3, 0.4) is 0 Å². The van der Waals surface area contributed by atoms with Gasteiger partial charge in [0.2, 0.25) is 0 Å². The molecule has 178 valence electrons. The summed E-state index contributed by atoms with van der Waals surface area (Å²) in [5.74, 6) is -0.148. The predicted octanol–water partition coefficient (Wildman–Crippen LogP) is 6.24. The molecule has 35 heavy (non-hydrogen) atoms. The average molecular weight is 527 g/mol. The lowest BCUT2D eigenvalue weighted by atomic mass is 10.0. The van der Waals surface area contributed by atoms with Crippen molar-refractivity contribution in [2.45, 2.75) is 13.0 Å². The van der Waals surface area contributed by atoms with Gasteiger partial charge in [-0.3, -0.25) is 4.79 Å². The molecule has 0 radical (unpaired) electrons. The molecule has 6 nitrogen and oxygen atoms in total. The van der Waals surface area contributed by atoms with Crippen molar-refractivity contribution in [2.24, 2.45) is 0 Å². The fraction of sp³-hybridized carbons (Fsp3) is 0.192. The van der Waals surface area contributed by atoms with E-state index in [9.17, 15) is 4.79 Å². The molecule has 0 N–H and O–H groups in total. The third-order valence-electron chi connectivity index (χ3n) is 6.11. The van der Waals surface area contributed by atoms with Crippen LogP contribution in [0.4, 0.5) is 5.69 Å². The molecular formula is C26H22Cl3N5O. The van der Waals surface area contributed by atoms with Gasteiger partial charge in [0.1, 0.15) is 0 Å². The van der Waals surface area contributed by atoms with E-state index in [0.717, 1.165) is 16.9 Å². The lowest BCUT2D eigenvalue weighted by Crippen LogP contribution is -2.51. The lowest BCUT2D eigenvalue weighted by molar-refractivity contribution is 0.0714. The Morgan fingerprint density at radius 1 is 0.886 bits per heavy atom. The van der Waals surface area contributed by atoms with E-state index >= 15 is 0 Å². The van der Waals surface area contributed by atoms with E-state index in [1.54, 1.807) is 13.0 Å². The summed E-state index contributed by atoms with van der Waals surface area (Å²) in [6.45, 7) is 3.36. The Labute approximate surface area is 218 Å². The van der Waals surface area contributed by atoms with Gasteiger partial charge < -0.3 is 9.80 Å². The molecule has 1 aliphatic rings. The SMILES string of the molecule is Cc1nn(-c2ccccc2)nc1C(=O)N1CCN(c2ccc(Cl)cc2Cl)C(c2ccc(Cl)cc2)C1. The minimum atomic E-state index is -0.148. The number of nitrogens with zero attached hydrogens (tertiary/aromatic N) is 5. The number of halogens is 3. The summed E-state index contributed by atoms with van der Waals surface area (Å²) in [6, 6.07) is 22.6. The first-order chi connectivity index (χ1) is 16.9. The van der Waals surface area contributed by atoms with Gasteiger partial charge in [0.25, 0.3) is 5.91 Å². The van der Waals surface area contributed by atoms with Crippen molar-refractivity contribution < 1.29 is 4.79 Å². The Morgan fingerprint density at radius 3 is 2.31 bits per heavy atom. The van der Waals surface area contributed by atoms with Crippen LogP contribution in [0.5, 0.6) is 0 Å². The van der Waals surface area contributed by atoms with Gasteiger partial charge in [0.05, 0.1) is 28.1 Å². The average Bonchev–Trinajstić information content (AvgIpc) is 3.26. The van der Waals surface area contributed by atoms with Crippen LogP contribution in [-0.4, -0.2) is 45.4 Å². The van der Waals surface area contributed by atoms with E-state index in [1.807, 2.05) is 71.6 Å². The van der Waals surface area contributed by atoms with E-state index < -0.39 is 0 Å². The molecule has 0 spiro atoms. The van der Waals surface area contributed by atoms with E-state index in [2.05, 4.69) is 15.1 Å². The van der Waals surface area contributed by atoms with Crippen LogP contribution in [0.2, 0.25) is 15.1 Å². The van der Waals surface area contributed by atoms with E-state index in [4.69, 9.17) is 34.8 Å². The highest BCUT2D eigenvalue weighted by Gasteiger charge is 2.34. The number of anilines is 1. The van der Waals surface area contributed by atoms with Gasteiger partial charge in [-0.1, -0.05) is 65.1 Å². The molecule has 1 amide bonds. The molecule has 1 atom stereocenters. The van der Waals surface area contributed by atoms with E-state index in [1.165, 1.54) is 4.80 Å². The number of carbonyl (C=O) groups is 1. The Bertz CT molecular complexity index is 1360. The first-order valence-electron chi connectivity index (χ1n) is 11.2. The molecule has 1 aliphatic heterocycles. The number of carbonyl (C=O) groups excluding carboxylic acids is 1. The Kier molecular flexibility index (Phi) is 6.69. The van der Waals surface area contributed by atoms with Crippen LogP contribution < -0.4 is 4.90 Å². The minimum absolute atomic E-state index is 0.131. The van der Waals surface area contributed by atoms with Crippen molar-refractivity contribution in [3.05, 3.63) is 105 Å². The molecule has 1 aromatic heterocycles. The second-order valence-corrected chi connectivity index (χ2v) is 9.65. The monoisotopic (exact) mass is 525 g/mol. The van der Waals surface area contributed by atoms with Crippen LogP contribution in [0.25, 0.3) is 5.69 Å². The second kappa shape index (κ2) is 9.90. The maximum Gasteiger partial charge on any atom is 0.276 e. The minimum Gasteiger partial charge on any atom is -0.360 e. The Balaban J connectivity index is 1.46. The number of benzene rings is 3. The van der Waals surface area contributed by atoms with Gasteiger partial charge >= 0.3 is 0 Å². The van der Waals surface area contributed by atoms with Crippen LogP contribution in [0.1, 0.15) is 27.8 Å². The molecule has 0 saturated carbocycles. The molecular weight excluding hydrogens is 505 g/mol. The summed E-state index contributed by atoms with van der Waals surface area (Å²) in [5.41, 5.74) is 3.64. The van der Waals surface area contributed by atoms with E-state index in [-0.39, 0.29) is 11.9 Å². The third-order valence-corrected chi connectivity index (χ3v) is 6.90. The van der Waals surface area contributed by atoms with Crippen molar-refractivity contribution in [1.82, 2.24) is 19.9 Å². The quantitative estimate of drug-likeness (QED) is 0.316. The van der Waals surface area contributed by atoms with Crippen LogP contribution in [0.15, 0.2) is 72.8 Å². The van der Waals surface area contributed by atoms with Gasteiger partial charge in [-0.2, -0.15) is 9.90 Å². The lowest BCUT2D eigenvalue weighted by Gasteiger charge is -2.43. The largest absolute Gasteiger partial charge is 0.360 e. The predicted molar refractivity (Wildman–Crippen MR) is 140 cm³/mol. The van der Waals surface area contributed by atoms with Crippen molar-refractivity contribution >= 4 is 46.4 Å². The number of aryl methyl sites for hydroxylation is 1. The number of hydrogen-bond acceptors (Lipinski definition) is 4. The van der Waals surface area contributed by atoms with Gasteiger partial charge in [-0.15, -0.1) is 5.10 Å². The number of amides is 1. The second-order valence-electron chi connectivity index (χ2n) is 8.37. The fourth-order valence-electron chi connectivity index (χ4n) is 4.34. The van der Waals surface area contributed by atoms with Crippen LogP contribution in [-0.2, 0) is 0 Å². The zero-order valence-corrected chi connectivity index (χ0v) is 21.2. The summed E-state index contributed by atoms with van der Waals surface area (Å²) in [7, 11) is 0. The molecule has 0 bridgehead atoms. The number of para-hydroxylation sites is 1. The molecule has 1 saturated heterocycles. The summed E-state index contributed by atoms with van der Waals surface area (Å²) < 4.78 is 0. The Hall–Kier alpha value is -3.06. The maximum absolute atomic E-state index is 13.6. The smallest absolute Gasteiger partial charge is 0.276 e. The highest BCUT2D eigenvalue weighted by molar-refractivity contribution is 6.36. The molecule has 1 unspecified atom stereocenters. The van der Waals surface area contributed by atoms with Gasteiger partial charge in [-0.25, -0.2) is 0 Å². The first kappa shape index (κ1) is 23.7. The molecule has 0 aliphatic carbocycles. The van der Waals surface area contributed by atoms with Crippen molar-refractivity contribution in [1.29, 1.82) is 0 Å². The highest BCUT2D eigenvalue weighted by Crippen LogP contribution is 2.37. The van der Waals surface area contributed by atoms with Crippen LogP contribution in [0, 0.1) is 6.92 Å². The topological polar surface area (TPSA) is 54.3 Å². The van der Waals surface area contributed by atoms with Crippen LogP contribution >= 0.6 is 34.8 Å². The summed E-state index contributed by atoms with van der Waals surface area (Å²) >= 11 is 18.8. The zero-order valence-electron chi connectivity index (χ0n) is 18.9. The van der Waals surface area contributed by atoms with Gasteiger partial charge in [0.15, 0.2) is 5.69 Å². The van der Waals surface area contributed by atoms with E-state index in [0.29, 0.717) is 46.1 Å². The highest BCUT2D eigenvalue weighted by atomic mass is 35.5. The van der Waals surface area contributed by atoms with Gasteiger partial charge in [-0.05, 0) is 55.0 Å². The molecule has 2 heterocycles. The van der Waals surface area contributed by atoms with Crippen molar-refractivity contribution in [3.63, 3.8) is 0 Å². The van der Waals surface area contributed by atoms with Crippen molar-refractivity contribution in [2.75, 3.05) is 24.5 Å². The molecule has 4 aromatic rings. The molecule has 3 aromatic carbocycles. The summed E-state index contributed by atoms with van der Waals surface area (Å²) in [6.07, 6.45) is 0. The number of piperazine rings is 1. The molecule has 9 heteroatoms. The number of hydrogen-bond donors (Lipinski definition) is 0. The van der Waals surface area contributed by atoms with Gasteiger partial charge in [0, 0.05) is 29.7 Å². The first-order valence-corrected chi connectivity index (χ1v) is 12.3. The fourth-order valence-corrected chi connectivity index (χ4v) is 4.99. The normalized spacial score (nSPS) is 15.9. The molecule has 1 fully saturated rings. The maximum atomic E-state index is 13.6. The number of rotatable bonds is 4. The standard InChI is InChI=1S/C26H22Cl3N5O/c1-17-25(31-34(30-17)21-5-3-2-4-6-21)26(35)32-13-14-33(23-12-11-20(28)15-22(23)29)24(16-32)18-7-9-19(27)10-8-18/h2-12,15,24H,13-14,16H2,1H3. The Morgan fingerprint density at radius 2 is 1.60 bits per heavy atom. The molecule has 5 rings (SSSR count). The van der Waals surface area contributed by atoms with Crippen molar-refractivity contribution in [3.8, 4) is 5.69 Å². The summed E-state index contributed by atoms with van der Waals surface area (Å²) in [5, 5.41) is 10.8. The summed E-state index contributed by atoms with van der Waals surface area (Å²) in [4.78, 5) is 19.1. The zero-order chi connectivity index (χ0) is 24.5.